The van der Waals surface area contributed by atoms with E-state index in [1.165, 1.54) is 11.5 Å². The largest absolute Gasteiger partial charge is 0.329 e. The summed E-state index contributed by atoms with van der Waals surface area (Å²) in [4.78, 5) is 4.12. The van der Waals surface area contributed by atoms with Crippen LogP contribution < -0.4 is 0 Å². The zero-order valence-electron chi connectivity index (χ0n) is 6.64. The number of aromatic nitrogens is 4. The van der Waals surface area contributed by atoms with Crippen molar-refractivity contribution in [2.45, 2.75) is 13.5 Å². The van der Waals surface area contributed by atoms with Gasteiger partial charge in [-0.15, -0.1) is 5.10 Å². The molecule has 0 aromatic carbocycles. The highest BCUT2D eigenvalue weighted by molar-refractivity contribution is 7.03. The predicted octanol–water partition coefficient (Wildman–Crippen LogP) is 1.09. The summed E-state index contributed by atoms with van der Waals surface area (Å²) in [5.41, 5.74) is 0.987. The molecule has 0 aliphatic carbocycles. The molecule has 0 saturated heterocycles. The standard InChI is InChI=1S/C7H8N4S/c1-6-8-2-3-11(6)4-7-5-12-10-9-7/h2-3,5H,4H2,1H3. The van der Waals surface area contributed by atoms with Crippen LogP contribution in [-0.2, 0) is 6.54 Å². The van der Waals surface area contributed by atoms with Crippen LogP contribution in [0.15, 0.2) is 17.8 Å². The van der Waals surface area contributed by atoms with Crippen molar-refractivity contribution in [1.82, 2.24) is 19.1 Å². The third-order valence-corrected chi connectivity index (χ3v) is 2.21. The predicted molar refractivity (Wildman–Crippen MR) is 46.0 cm³/mol. The van der Waals surface area contributed by atoms with Crippen molar-refractivity contribution in [1.29, 1.82) is 0 Å². The van der Waals surface area contributed by atoms with Crippen LogP contribution in [0.5, 0.6) is 0 Å². The molecule has 2 aromatic heterocycles. The first-order valence-electron chi connectivity index (χ1n) is 3.60. The number of hydrogen-bond acceptors (Lipinski definition) is 4. The maximum atomic E-state index is 4.12. The average molecular weight is 180 g/mol. The van der Waals surface area contributed by atoms with Crippen molar-refractivity contribution in [2.75, 3.05) is 0 Å². The second-order valence-electron chi connectivity index (χ2n) is 2.50. The number of nitrogens with zero attached hydrogens (tertiary/aromatic N) is 4. The second kappa shape index (κ2) is 3.02. The molecule has 0 saturated carbocycles. The number of aryl methyl sites for hydroxylation is 1. The summed E-state index contributed by atoms with van der Waals surface area (Å²) < 4.78 is 5.83. The fraction of sp³-hybridized carbons (Fsp3) is 0.286. The summed E-state index contributed by atoms with van der Waals surface area (Å²) in [5, 5.41) is 5.90. The van der Waals surface area contributed by atoms with Gasteiger partial charge in [-0.1, -0.05) is 4.49 Å². The van der Waals surface area contributed by atoms with Crippen LogP contribution in [0.1, 0.15) is 11.5 Å². The zero-order valence-corrected chi connectivity index (χ0v) is 7.45. The molecule has 0 radical (unpaired) electrons. The Hall–Kier alpha value is -1.23. The maximum absolute atomic E-state index is 4.12. The van der Waals surface area contributed by atoms with Gasteiger partial charge in [-0.25, -0.2) is 4.98 Å². The highest BCUT2D eigenvalue weighted by atomic mass is 32.1. The highest BCUT2D eigenvalue weighted by Gasteiger charge is 1.99. The Kier molecular flexibility index (Phi) is 1.87. The van der Waals surface area contributed by atoms with E-state index in [0.717, 1.165) is 18.1 Å². The summed E-state index contributed by atoms with van der Waals surface area (Å²) in [7, 11) is 0. The molecule has 0 atom stereocenters. The lowest BCUT2D eigenvalue weighted by molar-refractivity contribution is 0.738. The van der Waals surface area contributed by atoms with Crippen LogP contribution in [-0.4, -0.2) is 19.1 Å². The SMILES string of the molecule is Cc1nccn1Cc1csnn1. The minimum atomic E-state index is 0.766. The summed E-state index contributed by atoms with van der Waals surface area (Å²) in [6, 6.07) is 0. The van der Waals surface area contributed by atoms with Gasteiger partial charge in [-0.2, -0.15) is 0 Å². The molecule has 0 fully saturated rings. The quantitative estimate of drug-likeness (QED) is 0.695. The summed E-state index contributed by atoms with van der Waals surface area (Å²) >= 11 is 1.37. The Morgan fingerprint density at radius 3 is 3.08 bits per heavy atom. The molecule has 12 heavy (non-hydrogen) atoms. The van der Waals surface area contributed by atoms with Crippen LogP contribution >= 0.6 is 11.5 Å². The second-order valence-corrected chi connectivity index (χ2v) is 3.11. The molecule has 0 unspecified atom stereocenters. The molecule has 4 nitrogen and oxygen atoms in total. The first kappa shape index (κ1) is 7.42. The highest BCUT2D eigenvalue weighted by Crippen LogP contribution is 2.02. The third kappa shape index (κ3) is 1.35. The first-order chi connectivity index (χ1) is 5.86. The molecule has 62 valence electrons. The molecule has 0 aliphatic heterocycles. The van der Waals surface area contributed by atoms with Crippen molar-refractivity contribution in [3.63, 3.8) is 0 Å². The van der Waals surface area contributed by atoms with Crippen LogP contribution in [0.4, 0.5) is 0 Å². The number of rotatable bonds is 2. The molecule has 0 amide bonds. The van der Waals surface area contributed by atoms with Gasteiger partial charge in [0.1, 0.15) is 5.82 Å². The van der Waals surface area contributed by atoms with Gasteiger partial charge in [0.2, 0.25) is 0 Å². The van der Waals surface area contributed by atoms with Gasteiger partial charge >= 0.3 is 0 Å². The van der Waals surface area contributed by atoms with Crippen molar-refractivity contribution in [2.24, 2.45) is 0 Å². The van der Waals surface area contributed by atoms with E-state index in [-0.39, 0.29) is 0 Å². The monoisotopic (exact) mass is 180 g/mol. The van der Waals surface area contributed by atoms with E-state index in [0.29, 0.717) is 0 Å². The molecule has 2 rings (SSSR count). The van der Waals surface area contributed by atoms with E-state index >= 15 is 0 Å². The van der Waals surface area contributed by atoms with Gasteiger partial charge in [-0.05, 0) is 18.5 Å². The van der Waals surface area contributed by atoms with E-state index in [1.54, 1.807) is 6.20 Å². The van der Waals surface area contributed by atoms with Crippen LogP contribution in [0.25, 0.3) is 0 Å². The summed E-state index contributed by atoms with van der Waals surface area (Å²) in [6.07, 6.45) is 3.73. The Labute approximate surface area is 74.0 Å². The molecule has 2 heterocycles. The third-order valence-electron chi connectivity index (χ3n) is 1.66. The molecule has 0 aliphatic rings. The molecule has 0 bridgehead atoms. The van der Waals surface area contributed by atoms with E-state index in [2.05, 4.69) is 14.6 Å². The first-order valence-corrected chi connectivity index (χ1v) is 4.43. The average Bonchev–Trinajstić information content (AvgIpc) is 2.65. The summed E-state index contributed by atoms with van der Waals surface area (Å²) in [6.45, 7) is 2.74. The summed E-state index contributed by atoms with van der Waals surface area (Å²) in [5.74, 6) is 1.00. The topological polar surface area (TPSA) is 43.6 Å². The Morgan fingerprint density at radius 1 is 1.58 bits per heavy atom. The Bertz CT molecular complexity index is 351. The van der Waals surface area contributed by atoms with Crippen LogP contribution in [0, 0.1) is 6.92 Å². The van der Waals surface area contributed by atoms with Crippen LogP contribution in [0.2, 0.25) is 0 Å². The molecular formula is C7H8N4S. The Balaban J connectivity index is 2.20. The maximum Gasteiger partial charge on any atom is 0.105 e. The molecule has 0 N–H and O–H groups in total. The van der Waals surface area contributed by atoms with E-state index in [4.69, 9.17) is 0 Å². The lowest BCUT2D eigenvalue weighted by atomic mass is 10.5. The van der Waals surface area contributed by atoms with Gasteiger partial charge in [0.05, 0.1) is 12.2 Å². The van der Waals surface area contributed by atoms with E-state index < -0.39 is 0 Å². The number of hydrogen-bond donors (Lipinski definition) is 0. The minimum Gasteiger partial charge on any atom is -0.329 e. The minimum absolute atomic E-state index is 0.766. The molecular weight excluding hydrogens is 172 g/mol. The van der Waals surface area contributed by atoms with Crippen molar-refractivity contribution < 1.29 is 0 Å². The van der Waals surface area contributed by atoms with Crippen LogP contribution in [0.3, 0.4) is 0 Å². The molecule has 2 aromatic rings. The van der Waals surface area contributed by atoms with E-state index in [9.17, 15) is 0 Å². The zero-order chi connectivity index (χ0) is 8.39. The smallest absolute Gasteiger partial charge is 0.105 e. The van der Waals surface area contributed by atoms with Gasteiger partial charge in [0.15, 0.2) is 0 Å². The van der Waals surface area contributed by atoms with Gasteiger partial charge in [0.25, 0.3) is 0 Å². The van der Waals surface area contributed by atoms with E-state index in [1.807, 2.05) is 23.1 Å². The lowest BCUT2D eigenvalue weighted by Gasteiger charge is -1.99. The fourth-order valence-electron chi connectivity index (χ4n) is 0.998. The lowest BCUT2D eigenvalue weighted by Crippen LogP contribution is -2.00. The normalized spacial score (nSPS) is 10.4. The van der Waals surface area contributed by atoms with Crippen molar-refractivity contribution >= 4 is 11.5 Å². The van der Waals surface area contributed by atoms with Crippen molar-refractivity contribution in [3.8, 4) is 0 Å². The van der Waals surface area contributed by atoms with Gasteiger partial charge in [0, 0.05) is 17.8 Å². The Morgan fingerprint density at radius 2 is 2.50 bits per heavy atom. The molecule has 5 heteroatoms. The fourth-order valence-corrected chi connectivity index (χ4v) is 1.44. The van der Waals surface area contributed by atoms with Crippen molar-refractivity contribution in [3.05, 3.63) is 29.3 Å². The molecule has 0 spiro atoms. The number of imidazole rings is 1. The van der Waals surface area contributed by atoms with Gasteiger partial charge in [-0.3, -0.25) is 0 Å². The van der Waals surface area contributed by atoms with Gasteiger partial charge < -0.3 is 4.57 Å².